The molecule has 5 nitrogen and oxygen atoms in total. The lowest BCUT2D eigenvalue weighted by atomic mass is 10.2. The average molecular weight is 289 g/mol. The Bertz CT molecular complexity index is 472. The van der Waals surface area contributed by atoms with E-state index in [0.717, 1.165) is 0 Å². The first-order valence-corrected chi connectivity index (χ1v) is 7.52. The van der Waals surface area contributed by atoms with Crippen LogP contribution in [0.2, 0.25) is 0 Å². The molecule has 0 spiro atoms. The van der Waals surface area contributed by atoms with E-state index in [1.807, 2.05) is 18.2 Å². The van der Waals surface area contributed by atoms with Gasteiger partial charge in [0.05, 0.1) is 0 Å². The molecule has 2 rings (SSSR count). The maximum absolute atomic E-state index is 11.8. The number of carbonyl (C=O) groups is 2. The number of hydrogen-bond donors (Lipinski definition) is 3. The van der Waals surface area contributed by atoms with Crippen LogP contribution in [0, 0.1) is 5.92 Å². The van der Waals surface area contributed by atoms with E-state index in [9.17, 15) is 9.59 Å². The van der Waals surface area contributed by atoms with Crippen LogP contribution in [-0.2, 0) is 4.79 Å². The van der Waals surface area contributed by atoms with E-state index in [1.165, 1.54) is 12.8 Å². The van der Waals surface area contributed by atoms with Crippen LogP contribution in [-0.4, -0.2) is 30.9 Å². The second kappa shape index (κ2) is 7.78. The first-order chi connectivity index (χ1) is 10.2. The highest BCUT2D eigenvalue weighted by molar-refractivity contribution is 5.94. The third-order valence-corrected chi connectivity index (χ3v) is 3.66. The van der Waals surface area contributed by atoms with Crippen molar-refractivity contribution in [2.75, 3.05) is 13.1 Å². The molecule has 4 N–H and O–H groups in total. The molecule has 5 heteroatoms. The molecule has 1 aromatic carbocycles. The summed E-state index contributed by atoms with van der Waals surface area (Å²) in [5, 5.41) is 5.65. The summed E-state index contributed by atoms with van der Waals surface area (Å²) in [4.78, 5) is 23.4. The molecule has 0 aromatic heterocycles. The van der Waals surface area contributed by atoms with Gasteiger partial charge in [0, 0.05) is 31.1 Å². The van der Waals surface area contributed by atoms with E-state index in [2.05, 4.69) is 10.6 Å². The van der Waals surface area contributed by atoms with E-state index in [4.69, 9.17) is 5.73 Å². The standard InChI is InChI=1S/C16H23N3O2/c17-14(12-8-9-12)11-19-15(20)7-4-10-18-16(21)13-5-2-1-3-6-13/h1-3,5-6,12,14H,4,7-11,17H2,(H,18,21)(H,19,20). The van der Waals surface area contributed by atoms with E-state index in [1.54, 1.807) is 12.1 Å². The normalized spacial score (nSPS) is 15.3. The van der Waals surface area contributed by atoms with Gasteiger partial charge in [-0.3, -0.25) is 9.59 Å². The van der Waals surface area contributed by atoms with Crippen molar-refractivity contribution < 1.29 is 9.59 Å². The third-order valence-electron chi connectivity index (χ3n) is 3.66. The zero-order chi connectivity index (χ0) is 15.1. The minimum absolute atomic E-state index is 0.0000556. The molecule has 0 aliphatic heterocycles. The Morgan fingerprint density at radius 1 is 1.19 bits per heavy atom. The summed E-state index contributed by atoms with van der Waals surface area (Å²) >= 11 is 0. The summed E-state index contributed by atoms with van der Waals surface area (Å²) in [5.74, 6) is 0.488. The number of carbonyl (C=O) groups excluding carboxylic acids is 2. The maximum atomic E-state index is 11.8. The SMILES string of the molecule is NC(CNC(=O)CCCNC(=O)c1ccccc1)C1CC1. The predicted octanol–water partition coefficient (Wildman–Crippen LogP) is 1.05. The van der Waals surface area contributed by atoms with E-state index in [-0.39, 0.29) is 17.9 Å². The van der Waals surface area contributed by atoms with Crippen LogP contribution < -0.4 is 16.4 Å². The molecule has 114 valence electrons. The summed E-state index contributed by atoms with van der Waals surface area (Å²) in [5.41, 5.74) is 6.55. The highest BCUT2D eigenvalue weighted by Gasteiger charge is 2.28. The summed E-state index contributed by atoms with van der Waals surface area (Å²) in [6.07, 6.45) is 3.40. The molecular formula is C16H23N3O2. The minimum Gasteiger partial charge on any atom is -0.355 e. The first-order valence-electron chi connectivity index (χ1n) is 7.52. The minimum atomic E-state index is -0.105. The quantitative estimate of drug-likeness (QED) is 0.625. The molecule has 1 aliphatic carbocycles. The highest BCUT2D eigenvalue weighted by Crippen LogP contribution is 2.31. The van der Waals surface area contributed by atoms with Crippen molar-refractivity contribution in [3.05, 3.63) is 35.9 Å². The summed E-state index contributed by atoms with van der Waals surface area (Å²) < 4.78 is 0. The van der Waals surface area contributed by atoms with Crippen LogP contribution in [0.1, 0.15) is 36.0 Å². The molecule has 0 radical (unpaired) electrons. The molecule has 0 saturated heterocycles. The number of rotatable bonds is 8. The Labute approximate surface area is 125 Å². The fourth-order valence-electron chi connectivity index (χ4n) is 2.15. The van der Waals surface area contributed by atoms with E-state index >= 15 is 0 Å². The van der Waals surface area contributed by atoms with Gasteiger partial charge in [0.1, 0.15) is 0 Å². The van der Waals surface area contributed by atoms with Crippen LogP contribution in [0.3, 0.4) is 0 Å². The Hall–Kier alpha value is -1.88. The van der Waals surface area contributed by atoms with E-state index < -0.39 is 0 Å². The van der Waals surface area contributed by atoms with E-state index in [0.29, 0.717) is 37.4 Å². The lowest BCUT2D eigenvalue weighted by molar-refractivity contribution is -0.121. The summed E-state index contributed by atoms with van der Waals surface area (Å²) in [6.45, 7) is 1.05. The summed E-state index contributed by atoms with van der Waals surface area (Å²) in [7, 11) is 0. The zero-order valence-electron chi connectivity index (χ0n) is 12.2. The smallest absolute Gasteiger partial charge is 0.251 e. The Morgan fingerprint density at radius 3 is 2.57 bits per heavy atom. The molecule has 1 unspecified atom stereocenters. The van der Waals surface area contributed by atoms with Gasteiger partial charge in [0.2, 0.25) is 5.91 Å². The summed E-state index contributed by atoms with van der Waals surface area (Å²) in [6, 6.07) is 9.14. The average Bonchev–Trinajstić information content (AvgIpc) is 3.34. The van der Waals surface area contributed by atoms with Gasteiger partial charge in [-0.1, -0.05) is 18.2 Å². The molecular weight excluding hydrogens is 266 g/mol. The molecule has 1 saturated carbocycles. The lowest BCUT2D eigenvalue weighted by Gasteiger charge is -2.11. The van der Waals surface area contributed by atoms with Crippen molar-refractivity contribution in [3.63, 3.8) is 0 Å². The Morgan fingerprint density at radius 2 is 1.90 bits per heavy atom. The molecule has 1 aromatic rings. The number of benzene rings is 1. The molecule has 0 bridgehead atoms. The van der Waals surface area contributed by atoms with Gasteiger partial charge in [-0.15, -0.1) is 0 Å². The molecule has 21 heavy (non-hydrogen) atoms. The van der Waals surface area contributed by atoms with Crippen molar-refractivity contribution in [2.24, 2.45) is 11.7 Å². The van der Waals surface area contributed by atoms with Crippen molar-refractivity contribution in [2.45, 2.75) is 31.7 Å². The second-order valence-corrected chi connectivity index (χ2v) is 5.53. The second-order valence-electron chi connectivity index (χ2n) is 5.53. The Kier molecular flexibility index (Phi) is 5.75. The van der Waals surface area contributed by atoms with Gasteiger partial charge in [-0.05, 0) is 37.3 Å². The van der Waals surface area contributed by atoms with Gasteiger partial charge in [-0.2, -0.15) is 0 Å². The zero-order valence-corrected chi connectivity index (χ0v) is 12.2. The molecule has 2 amide bonds. The van der Waals surface area contributed by atoms with Gasteiger partial charge >= 0.3 is 0 Å². The van der Waals surface area contributed by atoms with Crippen LogP contribution in [0.15, 0.2) is 30.3 Å². The first kappa shape index (κ1) is 15.5. The maximum Gasteiger partial charge on any atom is 0.251 e. The van der Waals surface area contributed by atoms with Gasteiger partial charge in [-0.25, -0.2) is 0 Å². The highest BCUT2D eigenvalue weighted by atomic mass is 16.2. The van der Waals surface area contributed by atoms with Crippen LogP contribution in [0.5, 0.6) is 0 Å². The van der Waals surface area contributed by atoms with Crippen molar-refractivity contribution in [1.29, 1.82) is 0 Å². The van der Waals surface area contributed by atoms with Gasteiger partial charge < -0.3 is 16.4 Å². The number of nitrogens with one attached hydrogen (secondary N) is 2. The molecule has 1 atom stereocenters. The van der Waals surface area contributed by atoms with Crippen LogP contribution in [0.4, 0.5) is 0 Å². The van der Waals surface area contributed by atoms with Crippen molar-refractivity contribution in [1.82, 2.24) is 10.6 Å². The topological polar surface area (TPSA) is 84.2 Å². The Balaban J connectivity index is 1.54. The number of amides is 2. The van der Waals surface area contributed by atoms with Crippen molar-refractivity contribution >= 4 is 11.8 Å². The molecule has 1 aliphatic rings. The monoisotopic (exact) mass is 289 g/mol. The van der Waals surface area contributed by atoms with Gasteiger partial charge in [0.25, 0.3) is 5.91 Å². The fourth-order valence-corrected chi connectivity index (χ4v) is 2.15. The number of hydrogen-bond acceptors (Lipinski definition) is 3. The lowest BCUT2D eigenvalue weighted by Crippen LogP contribution is -2.38. The van der Waals surface area contributed by atoms with Crippen LogP contribution in [0.25, 0.3) is 0 Å². The molecule has 0 heterocycles. The van der Waals surface area contributed by atoms with Crippen molar-refractivity contribution in [3.8, 4) is 0 Å². The number of nitrogens with two attached hydrogens (primary N) is 1. The largest absolute Gasteiger partial charge is 0.355 e. The third kappa shape index (κ3) is 5.55. The van der Waals surface area contributed by atoms with Gasteiger partial charge in [0.15, 0.2) is 0 Å². The molecule has 1 fully saturated rings. The van der Waals surface area contributed by atoms with Crippen LogP contribution >= 0.6 is 0 Å². The predicted molar refractivity (Wildman–Crippen MR) is 81.7 cm³/mol. The fraction of sp³-hybridized carbons (Fsp3) is 0.500.